The molecule has 2 atom stereocenters. The van der Waals surface area contributed by atoms with E-state index in [1.807, 2.05) is 4.90 Å². The van der Waals surface area contributed by atoms with Gasteiger partial charge in [0, 0.05) is 24.2 Å². The summed E-state index contributed by atoms with van der Waals surface area (Å²) >= 11 is 0. The monoisotopic (exact) mass is 276 g/mol. The van der Waals surface area contributed by atoms with Gasteiger partial charge in [0.15, 0.2) is 0 Å². The van der Waals surface area contributed by atoms with Crippen molar-refractivity contribution in [2.75, 3.05) is 0 Å². The Kier molecular flexibility index (Phi) is 4.37. The number of nitro benzene ring substituents is 1. The van der Waals surface area contributed by atoms with E-state index in [0.29, 0.717) is 6.42 Å². The molecule has 0 bridgehead atoms. The predicted molar refractivity (Wildman–Crippen MR) is 76.4 cm³/mol. The average Bonchev–Trinajstić information content (AvgIpc) is 2.39. The van der Waals surface area contributed by atoms with Crippen molar-refractivity contribution in [3.05, 3.63) is 39.9 Å². The van der Waals surface area contributed by atoms with Crippen molar-refractivity contribution in [3.8, 4) is 0 Å². The van der Waals surface area contributed by atoms with Crippen LogP contribution >= 0.6 is 0 Å². The first-order chi connectivity index (χ1) is 9.49. The quantitative estimate of drug-likeness (QED) is 0.630. The predicted octanol–water partition coefficient (Wildman–Crippen LogP) is 2.93. The zero-order valence-corrected chi connectivity index (χ0v) is 11.9. The average molecular weight is 276 g/mol. The molecule has 5 nitrogen and oxygen atoms in total. The lowest BCUT2D eigenvalue weighted by atomic mass is 9.96. The number of piperidine rings is 1. The Bertz CT molecular complexity index is 488. The van der Waals surface area contributed by atoms with E-state index in [1.54, 1.807) is 12.1 Å². The Hall–Kier alpha value is -1.91. The molecule has 0 spiro atoms. The lowest BCUT2D eigenvalue weighted by molar-refractivity contribution is -0.384. The first-order valence-electron chi connectivity index (χ1n) is 7.03. The highest BCUT2D eigenvalue weighted by Gasteiger charge is 2.28. The van der Waals surface area contributed by atoms with Crippen LogP contribution in [0.1, 0.15) is 38.7 Å². The maximum atomic E-state index is 12.4. The first-order valence-corrected chi connectivity index (χ1v) is 7.03. The summed E-state index contributed by atoms with van der Waals surface area (Å²) in [6.45, 7) is 4.17. The van der Waals surface area contributed by atoms with Gasteiger partial charge in [-0.2, -0.15) is 0 Å². The van der Waals surface area contributed by atoms with Gasteiger partial charge in [0.25, 0.3) is 5.69 Å². The van der Waals surface area contributed by atoms with Crippen molar-refractivity contribution in [2.45, 2.75) is 51.6 Å². The molecule has 0 unspecified atom stereocenters. The zero-order valence-electron chi connectivity index (χ0n) is 11.9. The highest BCUT2D eigenvalue weighted by molar-refractivity contribution is 5.79. The molecule has 0 aliphatic carbocycles. The number of nitrogens with zero attached hydrogens (tertiary/aromatic N) is 2. The van der Waals surface area contributed by atoms with E-state index >= 15 is 0 Å². The third-order valence-corrected chi connectivity index (χ3v) is 3.98. The van der Waals surface area contributed by atoms with Gasteiger partial charge in [-0.15, -0.1) is 0 Å². The number of rotatable bonds is 3. The number of benzene rings is 1. The molecule has 1 aliphatic heterocycles. The summed E-state index contributed by atoms with van der Waals surface area (Å²) < 4.78 is 0. The largest absolute Gasteiger partial charge is 0.337 e. The maximum Gasteiger partial charge on any atom is 0.269 e. The fourth-order valence-electron chi connectivity index (χ4n) is 2.91. The summed E-state index contributed by atoms with van der Waals surface area (Å²) in [6.07, 6.45) is 3.59. The first kappa shape index (κ1) is 14.5. The summed E-state index contributed by atoms with van der Waals surface area (Å²) in [5.41, 5.74) is 0.881. The summed E-state index contributed by atoms with van der Waals surface area (Å²) in [4.78, 5) is 24.5. The molecule has 1 heterocycles. The number of hydrogen-bond acceptors (Lipinski definition) is 3. The molecular formula is C15H20N2O3. The highest BCUT2D eigenvalue weighted by atomic mass is 16.6. The van der Waals surface area contributed by atoms with Crippen LogP contribution in [0.5, 0.6) is 0 Å². The summed E-state index contributed by atoms with van der Waals surface area (Å²) in [6, 6.07) is 6.79. The number of nitro groups is 1. The van der Waals surface area contributed by atoms with Crippen LogP contribution in [0, 0.1) is 10.1 Å². The Balaban J connectivity index is 2.05. The molecule has 0 N–H and O–H groups in total. The smallest absolute Gasteiger partial charge is 0.269 e. The molecular weight excluding hydrogens is 256 g/mol. The number of carbonyl (C=O) groups is 1. The van der Waals surface area contributed by atoms with Gasteiger partial charge in [-0.3, -0.25) is 14.9 Å². The van der Waals surface area contributed by atoms with E-state index in [2.05, 4.69) is 13.8 Å². The molecule has 1 aliphatic rings. The SMILES string of the molecule is C[C@@H]1CCC[C@H](C)N1C(=O)Cc1ccc([N+](=O)[O-])cc1. The minimum atomic E-state index is -0.430. The lowest BCUT2D eigenvalue weighted by Gasteiger charge is -2.39. The standard InChI is InChI=1S/C15H20N2O3/c1-11-4-3-5-12(2)16(11)15(18)10-13-6-8-14(9-7-13)17(19)20/h6-9,11-12H,3-5,10H2,1-2H3/t11-,12+. The van der Waals surface area contributed by atoms with Crippen LogP contribution in [0.3, 0.4) is 0 Å². The molecule has 0 radical (unpaired) electrons. The normalized spacial score (nSPS) is 22.6. The maximum absolute atomic E-state index is 12.4. The van der Waals surface area contributed by atoms with Crippen LogP contribution in [0.2, 0.25) is 0 Å². The second-order valence-electron chi connectivity index (χ2n) is 5.53. The van der Waals surface area contributed by atoms with Crippen LogP contribution < -0.4 is 0 Å². The van der Waals surface area contributed by atoms with Crippen LogP contribution in [0.25, 0.3) is 0 Å². The number of carbonyl (C=O) groups excluding carboxylic acids is 1. The summed E-state index contributed by atoms with van der Waals surface area (Å²) in [5.74, 6) is 0.110. The third kappa shape index (κ3) is 3.15. The molecule has 0 aromatic heterocycles. The summed E-state index contributed by atoms with van der Waals surface area (Å²) in [7, 11) is 0. The summed E-state index contributed by atoms with van der Waals surface area (Å²) in [5, 5.41) is 10.6. The van der Waals surface area contributed by atoms with Crippen LogP contribution in [-0.2, 0) is 11.2 Å². The molecule has 1 amide bonds. The van der Waals surface area contributed by atoms with E-state index in [4.69, 9.17) is 0 Å². The van der Waals surface area contributed by atoms with Gasteiger partial charge >= 0.3 is 0 Å². The number of hydrogen-bond donors (Lipinski definition) is 0. The molecule has 1 aromatic carbocycles. The fourth-order valence-corrected chi connectivity index (χ4v) is 2.91. The van der Waals surface area contributed by atoms with Crippen molar-refractivity contribution in [1.29, 1.82) is 0 Å². The zero-order chi connectivity index (χ0) is 14.7. The van der Waals surface area contributed by atoms with Gasteiger partial charge in [0.1, 0.15) is 0 Å². The highest BCUT2D eigenvalue weighted by Crippen LogP contribution is 2.23. The third-order valence-electron chi connectivity index (χ3n) is 3.98. The van der Waals surface area contributed by atoms with Crippen molar-refractivity contribution in [1.82, 2.24) is 4.90 Å². The molecule has 2 rings (SSSR count). The van der Waals surface area contributed by atoms with E-state index in [-0.39, 0.29) is 23.7 Å². The van der Waals surface area contributed by atoms with Gasteiger partial charge in [0.2, 0.25) is 5.91 Å². The van der Waals surface area contributed by atoms with Gasteiger partial charge in [-0.25, -0.2) is 0 Å². The molecule has 5 heteroatoms. The van der Waals surface area contributed by atoms with E-state index in [1.165, 1.54) is 18.6 Å². The van der Waals surface area contributed by atoms with E-state index in [0.717, 1.165) is 18.4 Å². The molecule has 20 heavy (non-hydrogen) atoms. The van der Waals surface area contributed by atoms with Gasteiger partial charge in [-0.05, 0) is 38.7 Å². The van der Waals surface area contributed by atoms with Crippen LogP contribution in [-0.4, -0.2) is 27.8 Å². The van der Waals surface area contributed by atoms with Crippen molar-refractivity contribution in [2.24, 2.45) is 0 Å². The van der Waals surface area contributed by atoms with E-state index in [9.17, 15) is 14.9 Å². The molecule has 1 saturated heterocycles. The van der Waals surface area contributed by atoms with E-state index < -0.39 is 4.92 Å². The molecule has 0 saturated carbocycles. The Morgan fingerprint density at radius 3 is 2.30 bits per heavy atom. The minimum absolute atomic E-state index is 0.0564. The van der Waals surface area contributed by atoms with Crippen molar-refractivity contribution in [3.63, 3.8) is 0 Å². The van der Waals surface area contributed by atoms with Crippen LogP contribution in [0.15, 0.2) is 24.3 Å². The second kappa shape index (κ2) is 6.03. The Morgan fingerprint density at radius 2 is 1.80 bits per heavy atom. The topological polar surface area (TPSA) is 63.5 Å². The second-order valence-corrected chi connectivity index (χ2v) is 5.53. The minimum Gasteiger partial charge on any atom is -0.337 e. The Labute approximate surface area is 118 Å². The van der Waals surface area contributed by atoms with Gasteiger partial charge < -0.3 is 4.90 Å². The van der Waals surface area contributed by atoms with Crippen molar-refractivity contribution < 1.29 is 9.72 Å². The van der Waals surface area contributed by atoms with Crippen LogP contribution in [0.4, 0.5) is 5.69 Å². The number of likely N-dealkylation sites (tertiary alicyclic amines) is 1. The molecule has 1 aromatic rings. The van der Waals surface area contributed by atoms with Gasteiger partial charge in [-0.1, -0.05) is 12.1 Å². The number of non-ortho nitro benzene ring substituents is 1. The molecule has 1 fully saturated rings. The van der Waals surface area contributed by atoms with Crippen molar-refractivity contribution >= 4 is 11.6 Å². The fraction of sp³-hybridized carbons (Fsp3) is 0.533. The molecule has 108 valence electrons. The lowest BCUT2D eigenvalue weighted by Crippen LogP contribution is -2.48. The number of amides is 1. The van der Waals surface area contributed by atoms with Gasteiger partial charge in [0.05, 0.1) is 11.3 Å². The Morgan fingerprint density at radius 1 is 1.25 bits per heavy atom.